The van der Waals surface area contributed by atoms with Crippen LogP contribution in [0, 0.1) is 9.49 Å². The predicted octanol–water partition coefficient (Wildman–Crippen LogP) is 2.13. The summed E-state index contributed by atoms with van der Waals surface area (Å²) >= 11 is 1.99. The Morgan fingerprint density at radius 2 is 2.11 bits per heavy atom. The molecule has 1 aromatic rings. The Balaban J connectivity index is 2.71. The molecule has 5 heteroatoms. The van der Waals surface area contributed by atoms with Crippen LogP contribution in [0.4, 0.5) is 0 Å². The van der Waals surface area contributed by atoms with Gasteiger partial charge < -0.3 is 15.5 Å². The standard InChI is InChI=1S/C13H18INO3/c1-8(2)5-10(7-16)15-13(18)9-3-4-11(14)12(17)6-9/h3-4,6,8,10,16-17H,5,7H2,1-2H3,(H,15,18). The van der Waals surface area contributed by atoms with E-state index in [0.717, 1.165) is 6.42 Å². The minimum absolute atomic E-state index is 0.0831. The molecule has 1 unspecified atom stereocenters. The summed E-state index contributed by atoms with van der Waals surface area (Å²) in [4.78, 5) is 11.9. The molecule has 0 aromatic heterocycles. The predicted molar refractivity (Wildman–Crippen MR) is 78.6 cm³/mol. The summed E-state index contributed by atoms with van der Waals surface area (Å²) in [6, 6.07) is 4.52. The van der Waals surface area contributed by atoms with Crippen LogP contribution in [0.1, 0.15) is 30.6 Å². The van der Waals surface area contributed by atoms with Gasteiger partial charge in [0.2, 0.25) is 0 Å². The van der Waals surface area contributed by atoms with E-state index in [4.69, 9.17) is 0 Å². The Morgan fingerprint density at radius 1 is 1.44 bits per heavy atom. The van der Waals surface area contributed by atoms with Crippen molar-refractivity contribution in [3.8, 4) is 5.75 Å². The van der Waals surface area contributed by atoms with E-state index in [1.165, 1.54) is 6.07 Å². The molecule has 4 nitrogen and oxygen atoms in total. The van der Waals surface area contributed by atoms with Crippen molar-refractivity contribution in [1.82, 2.24) is 5.32 Å². The Hall–Kier alpha value is -0.820. The third kappa shape index (κ3) is 4.45. The van der Waals surface area contributed by atoms with Gasteiger partial charge >= 0.3 is 0 Å². The highest BCUT2D eigenvalue weighted by Gasteiger charge is 2.15. The van der Waals surface area contributed by atoms with Gasteiger partial charge in [0.05, 0.1) is 16.2 Å². The summed E-state index contributed by atoms with van der Waals surface area (Å²) in [5.41, 5.74) is 0.398. The van der Waals surface area contributed by atoms with E-state index in [9.17, 15) is 15.0 Å². The fraction of sp³-hybridized carbons (Fsp3) is 0.462. The second kappa shape index (κ2) is 6.94. The number of benzene rings is 1. The molecule has 0 aliphatic rings. The van der Waals surface area contributed by atoms with E-state index in [1.807, 2.05) is 36.4 Å². The zero-order valence-corrected chi connectivity index (χ0v) is 12.6. The van der Waals surface area contributed by atoms with Gasteiger partial charge in [-0.25, -0.2) is 0 Å². The van der Waals surface area contributed by atoms with Gasteiger partial charge in [-0.1, -0.05) is 13.8 Å². The first-order chi connectivity index (χ1) is 8.43. The maximum Gasteiger partial charge on any atom is 0.251 e. The lowest BCUT2D eigenvalue weighted by Gasteiger charge is -2.18. The van der Waals surface area contributed by atoms with E-state index in [1.54, 1.807) is 12.1 Å². The number of rotatable bonds is 5. The number of phenols is 1. The van der Waals surface area contributed by atoms with Gasteiger partial charge in [0.25, 0.3) is 5.91 Å². The number of amides is 1. The number of carbonyl (C=O) groups excluding carboxylic acids is 1. The van der Waals surface area contributed by atoms with Gasteiger partial charge in [-0.05, 0) is 53.1 Å². The van der Waals surface area contributed by atoms with Gasteiger partial charge in [-0.2, -0.15) is 0 Å². The molecular formula is C13H18INO3. The second-order valence-electron chi connectivity index (χ2n) is 4.65. The zero-order valence-electron chi connectivity index (χ0n) is 10.5. The van der Waals surface area contributed by atoms with E-state index < -0.39 is 0 Å². The minimum Gasteiger partial charge on any atom is -0.507 e. The summed E-state index contributed by atoms with van der Waals surface area (Å²) in [5.74, 6) is 0.210. The molecule has 1 aromatic carbocycles. The number of aromatic hydroxyl groups is 1. The van der Waals surface area contributed by atoms with Crippen LogP contribution in [-0.4, -0.2) is 28.8 Å². The molecule has 0 heterocycles. The summed E-state index contributed by atoms with van der Waals surface area (Å²) in [5, 5.41) is 21.5. The normalized spacial score (nSPS) is 12.5. The highest BCUT2D eigenvalue weighted by Crippen LogP contribution is 2.20. The van der Waals surface area contributed by atoms with Gasteiger partial charge in [0.15, 0.2) is 0 Å². The molecule has 3 N–H and O–H groups in total. The molecule has 18 heavy (non-hydrogen) atoms. The molecule has 0 saturated heterocycles. The van der Waals surface area contributed by atoms with Crippen LogP contribution in [0.5, 0.6) is 5.75 Å². The molecule has 1 atom stereocenters. The second-order valence-corrected chi connectivity index (χ2v) is 5.81. The molecule has 1 rings (SSSR count). The van der Waals surface area contributed by atoms with Gasteiger partial charge in [-0.3, -0.25) is 4.79 Å². The molecule has 100 valence electrons. The van der Waals surface area contributed by atoms with Crippen molar-refractivity contribution in [3.63, 3.8) is 0 Å². The topological polar surface area (TPSA) is 69.6 Å². The average Bonchev–Trinajstić information content (AvgIpc) is 2.31. The highest BCUT2D eigenvalue weighted by molar-refractivity contribution is 14.1. The Morgan fingerprint density at radius 3 is 2.61 bits per heavy atom. The van der Waals surface area contributed by atoms with Gasteiger partial charge in [0, 0.05) is 5.56 Å². The van der Waals surface area contributed by atoms with E-state index in [2.05, 4.69) is 5.32 Å². The van der Waals surface area contributed by atoms with Crippen molar-refractivity contribution in [1.29, 1.82) is 0 Å². The van der Waals surface area contributed by atoms with Crippen molar-refractivity contribution in [2.45, 2.75) is 26.3 Å². The number of nitrogens with one attached hydrogen (secondary N) is 1. The van der Waals surface area contributed by atoms with E-state index >= 15 is 0 Å². The third-order valence-electron chi connectivity index (χ3n) is 2.52. The maximum absolute atomic E-state index is 11.9. The summed E-state index contributed by atoms with van der Waals surface area (Å²) in [6.45, 7) is 3.98. The SMILES string of the molecule is CC(C)CC(CO)NC(=O)c1ccc(I)c(O)c1. The van der Waals surface area contributed by atoms with Crippen LogP contribution in [0.25, 0.3) is 0 Å². The number of hydrogen-bond donors (Lipinski definition) is 3. The van der Waals surface area contributed by atoms with Crippen LogP contribution in [0.15, 0.2) is 18.2 Å². The van der Waals surface area contributed by atoms with Gasteiger partial charge in [-0.15, -0.1) is 0 Å². The molecule has 0 spiro atoms. The van der Waals surface area contributed by atoms with Gasteiger partial charge in [0.1, 0.15) is 5.75 Å². The van der Waals surface area contributed by atoms with Crippen molar-refractivity contribution in [2.24, 2.45) is 5.92 Å². The first-order valence-electron chi connectivity index (χ1n) is 5.84. The summed E-state index contributed by atoms with van der Waals surface area (Å²) in [6.07, 6.45) is 0.721. The van der Waals surface area contributed by atoms with Crippen LogP contribution in [-0.2, 0) is 0 Å². The molecule has 0 fully saturated rings. The smallest absolute Gasteiger partial charge is 0.251 e. The molecule has 0 aliphatic carbocycles. The van der Waals surface area contributed by atoms with Crippen LogP contribution >= 0.6 is 22.6 Å². The number of halogens is 1. The van der Waals surface area contributed by atoms with Crippen molar-refractivity contribution < 1.29 is 15.0 Å². The fourth-order valence-corrected chi connectivity index (χ4v) is 2.01. The number of aliphatic hydroxyl groups excluding tert-OH is 1. The highest BCUT2D eigenvalue weighted by atomic mass is 127. The lowest BCUT2D eigenvalue weighted by Crippen LogP contribution is -2.38. The summed E-state index contributed by atoms with van der Waals surface area (Å²) < 4.78 is 0.699. The number of aliphatic hydroxyl groups is 1. The monoisotopic (exact) mass is 363 g/mol. The number of carbonyl (C=O) groups is 1. The first-order valence-corrected chi connectivity index (χ1v) is 6.92. The van der Waals surface area contributed by atoms with Crippen molar-refractivity contribution >= 4 is 28.5 Å². The molecule has 0 aliphatic heterocycles. The average molecular weight is 363 g/mol. The van der Waals surface area contributed by atoms with E-state index in [0.29, 0.717) is 15.1 Å². The maximum atomic E-state index is 11.9. The van der Waals surface area contributed by atoms with Crippen LogP contribution < -0.4 is 5.32 Å². The zero-order chi connectivity index (χ0) is 13.7. The van der Waals surface area contributed by atoms with Crippen LogP contribution in [0.3, 0.4) is 0 Å². The quantitative estimate of drug-likeness (QED) is 0.702. The Labute approximate surface area is 121 Å². The number of hydrogen-bond acceptors (Lipinski definition) is 3. The lowest BCUT2D eigenvalue weighted by atomic mass is 10.0. The van der Waals surface area contributed by atoms with Crippen LogP contribution in [0.2, 0.25) is 0 Å². The Kier molecular flexibility index (Phi) is 5.87. The van der Waals surface area contributed by atoms with Crippen molar-refractivity contribution in [3.05, 3.63) is 27.3 Å². The Bertz CT molecular complexity index is 421. The van der Waals surface area contributed by atoms with E-state index in [-0.39, 0.29) is 24.3 Å². The summed E-state index contributed by atoms with van der Waals surface area (Å²) in [7, 11) is 0. The lowest BCUT2D eigenvalue weighted by molar-refractivity contribution is 0.0908. The molecular weight excluding hydrogens is 345 g/mol. The largest absolute Gasteiger partial charge is 0.507 e. The first kappa shape index (κ1) is 15.2. The fourth-order valence-electron chi connectivity index (χ4n) is 1.67. The molecule has 0 saturated carbocycles. The minimum atomic E-state index is -0.276. The molecule has 1 amide bonds. The van der Waals surface area contributed by atoms with Crippen molar-refractivity contribution in [2.75, 3.05) is 6.61 Å². The molecule has 0 bridgehead atoms. The third-order valence-corrected chi connectivity index (χ3v) is 3.43. The molecule has 0 radical (unpaired) electrons. The number of phenolic OH excluding ortho intramolecular Hbond substituents is 1.